The molecule has 0 amide bonds. The van der Waals surface area contributed by atoms with E-state index in [-0.39, 0.29) is 18.0 Å². The minimum Gasteiger partial charge on any atom is -0.463 e. The SMILES string of the molecule is C=C(CCCCC(=O)OC(C)C)C(=O)OCC. The van der Waals surface area contributed by atoms with Crippen LogP contribution in [-0.2, 0) is 19.1 Å². The first kappa shape index (κ1) is 15.7. The maximum atomic E-state index is 11.2. The molecule has 0 saturated carbocycles. The summed E-state index contributed by atoms with van der Waals surface area (Å²) in [6.45, 7) is 9.40. The van der Waals surface area contributed by atoms with Gasteiger partial charge in [0.05, 0.1) is 12.7 Å². The monoisotopic (exact) mass is 242 g/mol. The molecular weight excluding hydrogens is 220 g/mol. The van der Waals surface area contributed by atoms with Crippen molar-refractivity contribution in [1.29, 1.82) is 0 Å². The highest BCUT2D eigenvalue weighted by Crippen LogP contribution is 2.09. The van der Waals surface area contributed by atoms with Crippen LogP contribution in [0.3, 0.4) is 0 Å². The molecule has 0 aromatic rings. The lowest BCUT2D eigenvalue weighted by Gasteiger charge is -2.08. The van der Waals surface area contributed by atoms with Crippen LogP contribution in [0.1, 0.15) is 46.5 Å². The number of carbonyl (C=O) groups is 2. The first-order valence-corrected chi connectivity index (χ1v) is 6.01. The number of hydrogen-bond acceptors (Lipinski definition) is 4. The van der Waals surface area contributed by atoms with E-state index < -0.39 is 0 Å². The van der Waals surface area contributed by atoms with E-state index in [0.29, 0.717) is 31.4 Å². The lowest BCUT2D eigenvalue weighted by atomic mass is 10.1. The largest absolute Gasteiger partial charge is 0.463 e. The highest BCUT2D eigenvalue weighted by molar-refractivity contribution is 5.87. The van der Waals surface area contributed by atoms with Crippen LogP contribution in [0.2, 0.25) is 0 Å². The first-order chi connectivity index (χ1) is 7.97. The minimum absolute atomic E-state index is 0.0722. The molecule has 0 heterocycles. The molecule has 0 atom stereocenters. The number of rotatable bonds is 8. The topological polar surface area (TPSA) is 52.6 Å². The zero-order valence-corrected chi connectivity index (χ0v) is 11.0. The van der Waals surface area contributed by atoms with Gasteiger partial charge >= 0.3 is 11.9 Å². The summed E-state index contributed by atoms with van der Waals surface area (Å²) in [6.07, 6.45) is 2.31. The smallest absolute Gasteiger partial charge is 0.333 e. The van der Waals surface area contributed by atoms with Crippen molar-refractivity contribution in [3.8, 4) is 0 Å². The van der Waals surface area contributed by atoms with E-state index in [0.717, 1.165) is 6.42 Å². The second kappa shape index (κ2) is 8.79. The molecule has 0 radical (unpaired) electrons. The second-order valence-corrected chi connectivity index (χ2v) is 4.07. The number of unbranched alkanes of at least 4 members (excludes halogenated alkanes) is 1. The molecule has 4 heteroatoms. The molecule has 17 heavy (non-hydrogen) atoms. The highest BCUT2D eigenvalue weighted by Gasteiger charge is 2.09. The van der Waals surface area contributed by atoms with Crippen molar-refractivity contribution < 1.29 is 19.1 Å². The average Bonchev–Trinajstić information content (AvgIpc) is 2.23. The van der Waals surface area contributed by atoms with Gasteiger partial charge in [0.15, 0.2) is 0 Å². The zero-order valence-electron chi connectivity index (χ0n) is 11.0. The van der Waals surface area contributed by atoms with Crippen LogP contribution in [0, 0.1) is 0 Å². The molecule has 0 aliphatic carbocycles. The van der Waals surface area contributed by atoms with Gasteiger partial charge in [0.2, 0.25) is 0 Å². The van der Waals surface area contributed by atoms with E-state index in [1.807, 2.05) is 13.8 Å². The Hall–Kier alpha value is -1.32. The van der Waals surface area contributed by atoms with Crippen LogP contribution < -0.4 is 0 Å². The summed E-state index contributed by atoms with van der Waals surface area (Å²) in [6, 6.07) is 0. The molecule has 0 rings (SSSR count). The van der Waals surface area contributed by atoms with Crippen LogP contribution in [0.4, 0.5) is 0 Å². The molecule has 0 aliphatic rings. The van der Waals surface area contributed by atoms with E-state index in [9.17, 15) is 9.59 Å². The lowest BCUT2D eigenvalue weighted by Crippen LogP contribution is -2.11. The number of hydrogen-bond donors (Lipinski definition) is 0. The van der Waals surface area contributed by atoms with Crippen LogP contribution >= 0.6 is 0 Å². The normalized spacial score (nSPS) is 10.1. The van der Waals surface area contributed by atoms with Crippen molar-refractivity contribution in [3.63, 3.8) is 0 Å². The Morgan fingerprint density at radius 3 is 2.29 bits per heavy atom. The summed E-state index contributed by atoms with van der Waals surface area (Å²) >= 11 is 0. The Bertz CT molecular complexity index is 269. The number of esters is 2. The molecule has 0 aliphatic heterocycles. The van der Waals surface area contributed by atoms with Crippen molar-refractivity contribution >= 4 is 11.9 Å². The highest BCUT2D eigenvalue weighted by atomic mass is 16.5. The predicted octanol–water partition coefficient (Wildman–Crippen LogP) is 2.62. The summed E-state index contributed by atoms with van der Waals surface area (Å²) in [5.74, 6) is -0.543. The molecule has 0 aromatic carbocycles. The van der Waals surface area contributed by atoms with Gasteiger partial charge in [0.1, 0.15) is 0 Å². The summed E-state index contributed by atoms with van der Waals surface area (Å²) in [5, 5.41) is 0. The van der Waals surface area contributed by atoms with Gasteiger partial charge in [0.25, 0.3) is 0 Å². The second-order valence-electron chi connectivity index (χ2n) is 4.07. The average molecular weight is 242 g/mol. The third-order valence-electron chi connectivity index (χ3n) is 2.04. The van der Waals surface area contributed by atoms with Gasteiger partial charge in [-0.2, -0.15) is 0 Å². The van der Waals surface area contributed by atoms with E-state index in [1.54, 1.807) is 6.92 Å². The molecule has 0 N–H and O–H groups in total. The van der Waals surface area contributed by atoms with Gasteiger partial charge in [-0.1, -0.05) is 6.58 Å². The molecule has 0 fully saturated rings. The Labute approximate surface area is 103 Å². The standard InChI is InChI=1S/C13H22O4/c1-5-16-13(15)11(4)8-6-7-9-12(14)17-10(2)3/h10H,4-9H2,1-3H3. The summed E-state index contributed by atoms with van der Waals surface area (Å²) in [4.78, 5) is 22.4. The molecule has 98 valence electrons. The maximum absolute atomic E-state index is 11.2. The lowest BCUT2D eigenvalue weighted by molar-refractivity contribution is -0.147. The molecule has 4 nitrogen and oxygen atoms in total. The number of carbonyl (C=O) groups excluding carboxylic acids is 2. The van der Waals surface area contributed by atoms with E-state index in [2.05, 4.69) is 6.58 Å². The first-order valence-electron chi connectivity index (χ1n) is 6.01. The van der Waals surface area contributed by atoms with Crippen LogP contribution in [0.25, 0.3) is 0 Å². The van der Waals surface area contributed by atoms with Crippen molar-refractivity contribution in [2.24, 2.45) is 0 Å². The maximum Gasteiger partial charge on any atom is 0.333 e. The van der Waals surface area contributed by atoms with Gasteiger partial charge in [-0.05, 0) is 40.0 Å². The van der Waals surface area contributed by atoms with Gasteiger partial charge in [-0.15, -0.1) is 0 Å². The fraction of sp³-hybridized carbons (Fsp3) is 0.692. The van der Waals surface area contributed by atoms with Crippen molar-refractivity contribution in [1.82, 2.24) is 0 Å². The summed E-state index contributed by atoms with van der Waals surface area (Å²) < 4.78 is 9.79. The zero-order chi connectivity index (χ0) is 13.3. The van der Waals surface area contributed by atoms with Crippen LogP contribution in [0.5, 0.6) is 0 Å². The Morgan fingerprint density at radius 1 is 1.18 bits per heavy atom. The minimum atomic E-state index is -0.350. The summed E-state index contributed by atoms with van der Waals surface area (Å²) in [7, 11) is 0. The van der Waals surface area contributed by atoms with E-state index >= 15 is 0 Å². The molecular formula is C13H22O4. The van der Waals surface area contributed by atoms with Crippen LogP contribution in [-0.4, -0.2) is 24.6 Å². The molecule has 0 bridgehead atoms. The Kier molecular flexibility index (Phi) is 8.11. The molecule has 0 unspecified atom stereocenters. The molecule has 0 spiro atoms. The quantitative estimate of drug-likeness (QED) is 0.373. The molecule has 0 saturated heterocycles. The fourth-order valence-corrected chi connectivity index (χ4v) is 1.26. The Morgan fingerprint density at radius 2 is 1.76 bits per heavy atom. The Balaban J connectivity index is 3.61. The van der Waals surface area contributed by atoms with Gasteiger partial charge < -0.3 is 9.47 Å². The van der Waals surface area contributed by atoms with Gasteiger partial charge in [-0.25, -0.2) is 4.79 Å². The summed E-state index contributed by atoms with van der Waals surface area (Å²) in [5.41, 5.74) is 0.462. The number of ether oxygens (including phenoxy) is 2. The third-order valence-corrected chi connectivity index (χ3v) is 2.04. The van der Waals surface area contributed by atoms with Crippen molar-refractivity contribution in [2.45, 2.75) is 52.6 Å². The predicted molar refractivity (Wildman–Crippen MR) is 65.5 cm³/mol. The van der Waals surface area contributed by atoms with Crippen molar-refractivity contribution in [3.05, 3.63) is 12.2 Å². The fourth-order valence-electron chi connectivity index (χ4n) is 1.26. The van der Waals surface area contributed by atoms with Crippen LogP contribution in [0.15, 0.2) is 12.2 Å². The molecule has 0 aromatic heterocycles. The van der Waals surface area contributed by atoms with E-state index in [4.69, 9.17) is 9.47 Å². The third kappa shape index (κ3) is 8.48. The van der Waals surface area contributed by atoms with Crippen molar-refractivity contribution in [2.75, 3.05) is 6.61 Å². The van der Waals surface area contributed by atoms with Gasteiger partial charge in [0, 0.05) is 12.0 Å². The van der Waals surface area contributed by atoms with E-state index in [1.165, 1.54) is 0 Å². The van der Waals surface area contributed by atoms with Gasteiger partial charge in [-0.3, -0.25) is 4.79 Å².